The number of fused-ring (bicyclic) bond motifs is 1. The Balaban J connectivity index is 1.57. The van der Waals surface area contributed by atoms with Gasteiger partial charge in [-0.3, -0.25) is 14.3 Å². The van der Waals surface area contributed by atoms with Crippen LogP contribution in [0.2, 0.25) is 0 Å². The van der Waals surface area contributed by atoms with Gasteiger partial charge in [0.25, 0.3) is 0 Å². The Morgan fingerprint density at radius 3 is 2.53 bits per heavy atom. The van der Waals surface area contributed by atoms with Gasteiger partial charge >= 0.3 is 0 Å². The highest BCUT2D eigenvalue weighted by atomic mass is 15.4. The molecule has 4 rings (SSSR count). The SMILES string of the molecule is C=CCC(c1ccc(C)c(CN(C)CC(C)(C)Cc2ncccc2C)c1)c1ccc2c(c1C)n(C)n2CC. The Kier molecular flexibility index (Phi) is 8.32. The van der Waals surface area contributed by atoms with Crippen molar-refractivity contribution >= 4 is 11.0 Å². The summed E-state index contributed by atoms with van der Waals surface area (Å²) in [6.07, 6.45) is 5.89. The summed E-state index contributed by atoms with van der Waals surface area (Å²) < 4.78 is 4.62. The van der Waals surface area contributed by atoms with Crippen LogP contribution in [0.3, 0.4) is 0 Å². The van der Waals surface area contributed by atoms with E-state index in [9.17, 15) is 0 Å². The molecule has 0 saturated carbocycles. The predicted octanol–water partition coefficient (Wildman–Crippen LogP) is 7.73. The Morgan fingerprint density at radius 1 is 1.08 bits per heavy atom. The van der Waals surface area contributed by atoms with Gasteiger partial charge in [-0.2, -0.15) is 0 Å². The van der Waals surface area contributed by atoms with E-state index in [-0.39, 0.29) is 5.41 Å². The van der Waals surface area contributed by atoms with Gasteiger partial charge in [-0.15, -0.1) is 6.58 Å². The average Bonchev–Trinajstić information content (AvgIpc) is 2.85. The van der Waals surface area contributed by atoms with Gasteiger partial charge in [0.1, 0.15) is 0 Å². The van der Waals surface area contributed by atoms with Crippen LogP contribution in [0.5, 0.6) is 0 Å². The molecule has 2 aromatic carbocycles. The molecule has 0 radical (unpaired) electrons. The summed E-state index contributed by atoms with van der Waals surface area (Å²) in [4.78, 5) is 7.12. The lowest BCUT2D eigenvalue weighted by Crippen LogP contribution is -2.33. The van der Waals surface area contributed by atoms with Crippen molar-refractivity contribution in [3.63, 3.8) is 0 Å². The largest absolute Gasteiger partial charge is 0.302 e. The first kappa shape index (κ1) is 27.9. The number of allylic oxidation sites excluding steroid dienone is 1. The highest BCUT2D eigenvalue weighted by Gasteiger charge is 2.24. The van der Waals surface area contributed by atoms with E-state index >= 15 is 0 Å². The van der Waals surface area contributed by atoms with Crippen LogP contribution < -0.4 is 0 Å². The molecule has 38 heavy (non-hydrogen) atoms. The third-order valence-electron chi connectivity index (χ3n) is 8.17. The number of nitrogens with zero attached hydrogens (tertiary/aromatic N) is 4. The maximum Gasteiger partial charge on any atom is 0.0855 e. The van der Waals surface area contributed by atoms with Crippen LogP contribution in [0.15, 0.2) is 61.3 Å². The molecule has 0 amide bonds. The van der Waals surface area contributed by atoms with Crippen LogP contribution in [0.25, 0.3) is 11.0 Å². The summed E-state index contributed by atoms with van der Waals surface area (Å²) >= 11 is 0. The monoisotopic (exact) mass is 510 g/mol. The van der Waals surface area contributed by atoms with Gasteiger partial charge in [0.2, 0.25) is 0 Å². The normalized spacial score (nSPS) is 13.0. The van der Waals surface area contributed by atoms with Crippen molar-refractivity contribution in [1.29, 1.82) is 0 Å². The molecule has 0 N–H and O–H groups in total. The minimum Gasteiger partial charge on any atom is -0.302 e. The van der Waals surface area contributed by atoms with E-state index in [4.69, 9.17) is 0 Å². The molecule has 0 aliphatic heterocycles. The van der Waals surface area contributed by atoms with E-state index < -0.39 is 0 Å². The molecule has 0 saturated heterocycles. The van der Waals surface area contributed by atoms with Gasteiger partial charge in [0.05, 0.1) is 11.0 Å². The maximum absolute atomic E-state index is 4.65. The fourth-order valence-electron chi connectivity index (χ4n) is 6.29. The summed E-state index contributed by atoms with van der Waals surface area (Å²) in [6, 6.07) is 15.9. The summed E-state index contributed by atoms with van der Waals surface area (Å²) in [5.74, 6) is 0.301. The van der Waals surface area contributed by atoms with Gasteiger partial charge in [0, 0.05) is 44.5 Å². The zero-order chi connectivity index (χ0) is 27.6. The molecular formula is C34H46N4. The molecule has 0 bridgehead atoms. The van der Waals surface area contributed by atoms with E-state index in [2.05, 4.69) is 124 Å². The number of hydrogen-bond donors (Lipinski definition) is 0. The van der Waals surface area contributed by atoms with Crippen molar-refractivity contribution in [2.24, 2.45) is 12.5 Å². The van der Waals surface area contributed by atoms with Gasteiger partial charge in [0.15, 0.2) is 0 Å². The van der Waals surface area contributed by atoms with Crippen LogP contribution >= 0.6 is 0 Å². The minimum absolute atomic E-state index is 0.131. The summed E-state index contributed by atoms with van der Waals surface area (Å²) in [7, 11) is 4.42. The molecule has 2 aromatic heterocycles. The van der Waals surface area contributed by atoms with E-state index in [0.29, 0.717) is 5.92 Å². The van der Waals surface area contributed by atoms with E-state index in [1.165, 1.54) is 50.1 Å². The van der Waals surface area contributed by atoms with Gasteiger partial charge in [-0.05, 0) is 98.5 Å². The molecule has 0 aliphatic rings. The van der Waals surface area contributed by atoms with Crippen molar-refractivity contribution in [2.75, 3.05) is 13.6 Å². The van der Waals surface area contributed by atoms with Crippen LogP contribution in [0, 0.1) is 26.2 Å². The summed E-state index contributed by atoms with van der Waals surface area (Å²) in [5, 5.41) is 0. The highest BCUT2D eigenvalue weighted by molar-refractivity contribution is 5.83. The van der Waals surface area contributed by atoms with Crippen molar-refractivity contribution < 1.29 is 0 Å². The fraction of sp³-hybridized carbons (Fsp3) is 0.441. The molecule has 1 unspecified atom stereocenters. The molecule has 4 nitrogen and oxygen atoms in total. The Morgan fingerprint density at radius 2 is 1.84 bits per heavy atom. The number of rotatable bonds is 11. The molecule has 4 aromatic rings. The van der Waals surface area contributed by atoms with Gasteiger partial charge in [-0.25, -0.2) is 0 Å². The molecule has 4 heteroatoms. The van der Waals surface area contributed by atoms with Gasteiger partial charge in [-0.1, -0.05) is 50.3 Å². The molecule has 0 fully saturated rings. The van der Waals surface area contributed by atoms with E-state index in [1.54, 1.807) is 0 Å². The maximum atomic E-state index is 4.65. The second-order valence-corrected chi connectivity index (χ2v) is 11.9. The third-order valence-corrected chi connectivity index (χ3v) is 8.17. The quantitative estimate of drug-likeness (QED) is 0.193. The Hall–Kier alpha value is -3.11. The van der Waals surface area contributed by atoms with Crippen LogP contribution in [-0.4, -0.2) is 32.8 Å². The lowest BCUT2D eigenvalue weighted by atomic mass is 9.84. The lowest BCUT2D eigenvalue weighted by Gasteiger charge is -2.31. The third kappa shape index (κ3) is 5.66. The van der Waals surface area contributed by atoms with E-state index in [0.717, 1.165) is 32.5 Å². The van der Waals surface area contributed by atoms with E-state index in [1.807, 2.05) is 12.3 Å². The van der Waals surface area contributed by atoms with Crippen molar-refractivity contribution in [1.82, 2.24) is 19.2 Å². The van der Waals surface area contributed by atoms with Crippen molar-refractivity contribution in [3.8, 4) is 0 Å². The first-order chi connectivity index (χ1) is 18.1. The van der Waals surface area contributed by atoms with Crippen LogP contribution in [-0.2, 0) is 26.6 Å². The standard InChI is InChI=1S/C34H46N4/c1-10-13-30(29-17-18-32-33(26(29)5)37(9)38(32)11-2)27-16-15-24(3)28(20-27)22-36(8)23-34(6,7)21-31-25(4)14-12-19-35-31/h10,12,14-20,30H,1,11,13,21-23H2,2-9H3. The van der Waals surface area contributed by atoms with Crippen LogP contribution in [0.4, 0.5) is 0 Å². The molecule has 2 heterocycles. The number of hydrogen-bond acceptors (Lipinski definition) is 2. The number of aryl methyl sites for hydroxylation is 5. The second kappa shape index (κ2) is 11.3. The average molecular weight is 511 g/mol. The lowest BCUT2D eigenvalue weighted by molar-refractivity contribution is 0.201. The molecule has 1 atom stereocenters. The molecule has 202 valence electrons. The van der Waals surface area contributed by atoms with Crippen molar-refractivity contribution in [3.05, 3.63) is 100 Å². The first-order valence-corrected chi connectivity index (χ1v) is 14.0. The minimum atomic E-state index is 0.131. The number of benzene rings is 2. The molecular weight excluding hydrogens is 464 g/mol. The number of aromatic nitrogens is 3. The smallest absolute Gasteiger partial charge is 0.0855 e. The second-order valence-electron chi connectivity index (χ2n) is 11.9. The fourth-order valence-corrected chi connectivity index (χ4v) is 6.29. The highest BCUT2D eigenvalue weighted by Crippen LogP contribution is 2.36. The zero-order valence-corrected chi connectivity index (χ0v) is 24.8. The summed E-state index contributed by atoms with van der Waals surface area (Å²) in [6.45, 7) is 20.6. The molecule has 0 aliphatic carbocycles. The number of pyridine rings is 1. The Labute approximate surface area is 230 Å². The van der Waals surface area contributed by atoms with Crippen molar-refractivity contribution in [2.45, 2.75) is 73.4 Å². The van der Waals surface area contributed by atoms with Gasteiger partial charge < -0.3 is 4.90 Å². The Bertz CT molecular complexity index is 1420. The molecule has 0 spiro atoms. The zero-order valence-electron chi connectivity index (χ0n) is 24.8. The first-order valence-electron chi connectivity index (χ1n) is 14.0. The van der Waals surface area contributed by atoms with Crippen LogP contribution in [0.1, 0.15) is 72.2 Å². The topological polar surface area (TPSA) is 26.0 Å². The summed E-state index contributed by atoms with van der Waals surface area (Å²) in [5.41, 5.74) is 12.2. The predicted molar refractivity (Wildman–Crippen MR) is 162 cm³/mol.